The standard InChI is InChI=1S/C13H17NS/c1-10-9-14(12(3)11(10)2)7-6-13-5-4-8-15-13/h4-5,8-9H,6-7H2,1-3H3. The summed E-state index contributed by atoms with van der Waals surface area (Å²) in [4.78, 5) is 1.47. The van der Waals surface area contributed by atoms with Gasteiger partial charge in [0, 0.05) is 23.3 Å². The van der Waals surface area contributed by atoms with Crippen LogP contribution in [-0.2, 0) is 13.0 Å². The third kappa shape index (κ3) is 2.15. The molecule has 2 aromatic heterocycles. The van der Waals surface area contributed by atoms with Crippen LogP contribution in [0.15, 0.2) is 23.7 Å². The molecule has 0 aromatic carbocycles. The minimum Gasteiger partial charge on any atom is -0.351 e. The van der Waals surface area contributed by atoms with Crippen LogP contribution in [0.2, 0.25) is 0 Å². The van der Waals surface area contributed by atoms with Gasteiger partial charge in [-0.25, -0.2) is 0 Å². The van der Waals surface area contributed by atoms with Crippen LogP contribution >= 0.6 is 11.3 Å². The largest absolute Gasteiger partial charge is 0.351 e. The van der Waals surface area contributed by atoms with Gasteiger partial charge in [-0.3, -0.25) is 0 Å². The molecule has 0 bridgehead atoms. The van der Waals surface area contributed by atoms with Gasteiger partial charge in [0.15, 0.2) is 0 Å². The van der Waals surface area contributed by atoms with Crippen LogP contribution in [0.5, 0.6) is 0 Å². The second kappa shape index (κ2) is 4.23. The highest BCUT2D eigenvalue weighted by Crippen LogP contribution is 2.16. The highest BCUT2D eigenvalue weighted by Gasteiger charge is 2.04. The van der Waals surface area contributed by atoms with E-state index < -0.39 is 0 Å². The van der Waals surface area contributed by atoms with E-state index in [-0.39, 0.29) is 0 Å². The average Bonchev–Trinajstić information content (AvgIpc) is 2.80. The van der Waals surface area contributed by atoms with E-state index in [1.165, 1.54) is 21.7 Å². The average molecular weight is 219 g/mol. The molecule has 0 aliphatic carbocycles. The van der Waals surface area contributed by atoms with Crippen LogP contribution in [0.1, 0.15) is 21.7 Å². The van der Waals surface area contributed by atoms with E-state index >= 15 is 0 Å². The molecular weight excluding hydrogens is 202 g/mol. The molecule has 0 saturated carbocycles. The first-order valence-electron chi connectivity index (χ1n) is 5.34. The van der Waals surface area contributed by atoms with E-state index in [9.17, 15) is 0 Å². The molecule has 0 atom stereocenters. The maximum absolute atomic E-state index is 2.37. The molecule has 2 aromatic rings. The summed E-state index contributed by atoms with van der Waals surface area (Å²) in [7, 11) is 0. The van der Waals surface area contributed by atoms with Crippen LogP contribution in [-0.4, -0.2) is 4.57 Å². The fourth-order valence-electron chi connectivity index (χ4n) is 1.85. The normalized spacial score (nSPS) is 10.9. The lowest BCUT2D eigenvalue weighted by atomic mass is 10.2. The van der Waals surface area contributed by atoms with Crippen molar-refractivity contribution < 1.29 is 0 Å². The fourth-order valence-corrected chi connectivity index (χ4v) is 2.54. The van der Waals surface area contributed by atoms with Crippen molar-refractivity contribution in [3.8, 4) is 0 Å². The monoisotopic (exact) mass is 219 g/mol. The second-order valence-corrected chi connectivity index (χ2v) is 5.08. The summed E-state index contributed by atoms with van der Waals surface area (Å²) in [6.45, 7) is 7.69. The Morgan fingerprint density at radius 3 is 2.60 bits per heavy atom. The molecule has 0 spiro atoms. The topological polar surface area (TPSA) is 4.93 Å². The van der Waals surface area contributed by atoms with Crippen molar-refractivity contribution in [1.82, 2.24) is 4.57 Å². The lowest BCUT2D eigenvalue weighted by Gasteiger charge is -2.05. The number of aryl methyl sites for hydroxylation is 3. The molecule has 2 rings (SSSR count). The predicted molar refractivity (Wildman–Crippen MR) is 66.7 cm³/mol. The summed E-state index contributed by atoms with van der Waals surface area (Å²) < 4.78 is 2.37. The number of rotatable bonds is 3. The second-order valence-electron chi connectivity index (χ2n) is 4.05. The third-order valence-corrected chi connectivity index (χ3v) is 4.03. The molecule has 2 heterocycles. The summed E-state index contributed by atoms with van der Waals surface area (Å²) in [5.74, 6) is 0. The SMILES string of the molecule is Cc1cn(CCc2cccs2)c(C)c1C. The Bertz CT molecular complexity index is 437. The van der Waals surface area contributed by atoms with Gasteiger partial charge >= 0.3 is 0 Å². The van der Waals surface area contributed by atoms with Gasteiger partial charge in [0.2, 0.25) is 0 Å². The first-order chi connectivity index (χ1) is 7.18. The number of nitrogens with zero attached hydrogens (tertiary/aromatic N) is 1. The van der Waals surface area contributed by atoms with Crippen molar-refractivity contribution in [1.29, 1.82) is 0 Å². The molecule has 0 N–H and O–H groups in total. The first kappa shape index (κ1) is 10.5. The minimum absolute atomic E-state index is 1.10. The smallest absolute Gasteiger partial charge is 0.0270 e. The zero-order valence-electron chi connectivity index (χ0n) is 9.58. The van der Waals surface area contributed by atoms with Gasteiger partial charge in [-0.1, -0.05) is 6.07 Å². The van der Waals surface area contributed by atoms with Crippen LogP contribution in [0.4, 0.5) is 0 Å². The van der Waals surface area contributed by atoms with Gasteiger partial charge in [-0.2, -0.15) is 0 Å². The number of hydrogen-bond acceptors (Lipinski definition) is 1. The lowest BCUT2D eigenvalue weighted by molar-refractivity contribution is 0.685. The molecule has 0 amide bonds. The van der Waals surface area contributed by atoms with Gasteiger partial charge in [-0.05, 0) is 49.8 Å². The van der Waals surface area contributed by atoms with Gasteiger partial charge in [0.1, 0.15) is 0 Å². The molecule has 15 heavy (non-hydrogen) atoms. The predicted octanol–water partition coefficient (Wildman–Crippen LogP) is 3.72. The molecule has 0 aliphatic rings. The van der Waals surface area contributed by atoms with Crippen molar-refractivity contribution in [2.45, 2.75) is 33.7 Å². The van der Waals surface area contributed by atoms with Crippen LogP contribution in [0.3, 0.4) is 0 Å². The van der Waals surface area contributed by atoms with E-state index in [1.807, 2.05) is 11.3 Å². The van der Waals surface area contributed by atoms with Gasteiger partial charge in [0.05, 0.1) is 0 Å². The van der Waals surface area contributed by atoms with E-state index in [0.717, 1.165) is 13.0 Å². The maximum Gasteiger partial charge on any atom is 0.0270 e. The maximum atomic E-state index is 2.37. The Hall–Kier alpha value is -1.02. The summed E-state index contributed by atoms with van der Waals surface area (Å²) in [5, 5.41) is 2.15. The quantitative estimate of drug-likeness (QED) is 0.741. The Labute approximate surface area is 95.4 Å². The Kier molecular flexibility index (Phi) is 2.96. The van der Waals surface area contributed by atoms with Crippen LogP contribution in [0, 0.1) is 20.8 Å². The zero-order valence-corrected chi connectivity index (χ0v) is 10.4. The zero-order chi connectivity index (χ0) is 10.8. The van der Waals surface area contributed by atoms with E-state index in [1.54, 1.807) is 0 Å². The van der Waals surface area contributed by atoms with Crippen molar-refractivity contribution >= 4 is 11.3 Å². The minimum atomic E-state index is 1.10. The summed E-state index contributed by atoms with van der Waals surface area (Å²) in [5.41, 5.74) is 4.24. The van der Waals surface area contributed by atoms with Crippen molar-refractivity contribution in [2.24, 2.45) is 0 Å². The number of aromatic nitrogens is 1. The molecule has 0 radical (unpaired) electrons. The van der Waals surface area contributed by atoms with Crippen molar-refractivity contribution in [3.63, 3.8) is 0 Å². The van der Waals surface area contributed by atoms with E-state index in [2.05, 4.69) is 49.0 Å². The van der Waals surface area contributed by atoms with Crippen molar-refractivity contribution in [2.75, 3.05) is 0 Å². The molecule has 0 unspecified atom stereocenters. The van der Waals surface area contributed by atoms with Gasteiger partial charge < -0.3 is 4.57 Å². The summed E-state index contributed by atoms with van der Waals surface area (Å²) in [6.07, 6.45) is 3.41. The fraction of sp³-hybridized carbons (Fsp3) is 0.385. The van der Waals surface area contributed by atoms with Crippen LogP contribution < -0.4 is 0 Å². The first-order valence-corrected chi connectivity index (χ1v) is 6.22. The highest BCUT2D eigenvalue weighted by atomic mass is 32.1. The molecule has 0 aliphatic heterocycles. The van der Waals surface area contributed by atoms with Gasteiger partial charge in [-0.15, -0.1) is 11.3 Å². The molecule has 1 nitrogen and oxygen atoms in total. The van der Waals surface area contributed by atoms with Crippen molar-refractivity contribution in [3.05, 3.63) is 45.4 Å². The number of thiophene rings is 1. The lowest BCUT2D eigenvalue weighted by Crippen LogP contribution is -2.01. The van der Waals surface area contributed by atoms with Gasteiger partial charge in [0.25, 0.3) is 0 Å². The summed E-state index contributed by atoms with van der Waals surface area (Å²) in [6, 6.07) is 4.34. The number of hydrogen-bond donors (Lipinski definition) is 0. The molecule has 0 saturated heterocycles. The third-order valence-electron chi connectivity index (χ3n) is 3.09. The molecule has 2 heteroatoms. The Morgan fingerprint density at radius 2 is 2.07 bits per heavy atom. The van der Waals surface area contributed by atoms with E-state index in [4.69, 9.17) is 0 Å². The Morgan fingerprint density at radius 1 is 1.27 bits per heavy atom. The highest BCUT2D eigenvalue weighted by molar-refractivity contribution is 7.09. The summed E-state index contributed by atoms with van der Waals surface area (Å²) >= 11 is 1.85. The molecule has 0 fully saturated rings. The molecular formula is C13H17NS. The molecule has 80 valence electrons. The Balaban J connectivity index is 2.08. The van der Waals surface area contributed by atoms with E-state index in [0.29, 0.717) is 0 Å². The van der Waals surface area contributed by atoms with Crippen LogP contribution in [0.25, 0.3) is 0 Å².